The van der Waals surface area contributed by atoms with E-state index in [9.17, 15) is 0 Å². The van der Waals surface area contributed by atoms with Gasteiger partial charge >= 0.3 is 0 Å². The molecule has 0 radical (unpaired) electrons. The third-order valence-corrected chi connectivity index (χ3v) is 20.7. The zero-order valence-corrected chi connectivity index (χ0v) is 49.4. The van der Waals surface area contributed by atoms with Gasteiger partial charge in [0.2, 0.25) is 0 Å². The summed E-state index contributed by atoms with van der Waals surface area (Å²) in [5.41, 5.74) is 11.2. The van der Waals surface area contributed by atoms with Gasteiger partial charge in [0.25, 0.3) is 0 Å². The van der Waals surface area contributed by atoms with Crippen LogP contribution in [0.25, 0.3) is 27.6 Å². The molecule has 0 spiro atoms. The molecule has 390 valence electrons. The van der Waals surface area contributed by atoms with Crippen molar-refractivity contribution in [3.63, 3.8) is 0 Å². The van der Waals surface area contributed by atoms with E-state index in [2.05, 4.69) is 315 Å². The molecule has 0 bridgehead atoms. The Balaban J connectivity index is 0.00000672. The predicted molar refractivity (Wildman–Crippen MR) is 323 cm³/mol. The first-order chi connectivity index (χ1) is 36.5. The van der Waals surface area contributed by atoms with Crippen molar-refractivity contribution in [2.75, 3.05) is 4.90 Å². The molecule has 4 nitrogen and oxygen atoms in total. The number of nitrogens with zero attached hydrogens (tertiary/aromatic N) is 4. The number of allylic oxidation sites excluding steroid dienone is 6. The Labute approximate surface area is 473 Å². The Morgan fingerprint density at radius 3 is 1.70 bits per heavy atom. The van der Waals surface area contributed by atoms with E-state index in [1.165, 1.54) is 55.0 Å². The Morgan fingerprint density at radius 1 is 0.519 bits per heavy atom. The fourth-order valence-electron chi connectivity index (χ4n) is 11.5. The molecule has 0 saturated heterocycles. The average Bonchev–Trinajstić information content (AvgIpc) is 4.01. The molecule has 77 heavy (non-hydrogen) atoms. The smallest absolute Gasteiger partial charge is 0.135 e. The van der Waals surface area contributed by atoms with Gasteiger partial charge in [-0.25, -0.2) is 4.98 Å². The van der Waals surface area contributed by atoms with Crippen LogP contribution in [-0.4, -0.2) is 22.5 Å². The molecule has 0 saturated carbocycles. The first kappa shape index (κ1) is 53.4. The van der Waals surface area contributed by atoms with E-state index in [4.69, 9.17) is 4.98 Å². The first-order valence-corrected chi connectivity index (χ1v) is 28.9. The van der Waals surface area contributed by atoms with E-state index in [0.29, 0.717) is 0 Å². The number of pyridine rings is 1. The van der Waals surface area contributed by atoms with Gasteiger partial charge in [0.1, 0.15) is 13.9 Å². The van der Waals surface area contributed by atoms with E-state index >= 15 is 0 Å². The molecule has 0 N–H and O–H groups in total. The Hall–Kier alpha value is -7.04. The maximum atomic E-state index is 5.07. The molecule has 0 amide bonds. The standard InChI is InChI=1S/C71H69N4Si.Pt/c1-68(2,3)53-42-43-72-67(46-53)75-64-37-24-23-36-62(64)63-41-40-61(48-65(63)75)76(58-31-19-13-20-32-58,59-33-21-14-22-34-59)60-35-25-30-57(47-60)74-50-73(49-66(74)69(4,5)6)56-39-38-54(70(7,8)51-26-15-11-16-27-51)44-55(45-56)71(9,10)52-28-17-12-18-29-52;/h11-38,40-46,49-50H,39H2,1-10H3;/q-3;. The summed E-state index contributed by atoms with van der Waals surface area (Å²) in [7, 11) is -3.20. The van der Waals surface area contributed by atoms with Crippen molar-refractivity contribution in [3.8, 4) is 5.82 Å². The monoisotopic (exact) mass is 1200 g/mol. The number of para-hydroxylation sites is 1. The number of anilines is 1. The summed E-state index contributed by atoms with van der Waals surface area (Å²) in [6.45, 7) is 25.5. The van der Waals surface area contributed by atoms with E-state index in [1.807, 2.05) is 6.20 Å². The van der Waals surface area contributed by atoms with Gasteiger partial charge < -0.3 is 14.4 Å². The summed E-state index contributed by atoms with van der Waals surface area (Å²) >= 11 is 0. The van der Waals surface area contributed by atoms with E-state index in [0.717, 1.165) is 44.7 Å². The van der Waals surface area contributed by atoms with E-state index < -0.39 is 8.07 Å². The van der Waals surface area contributed by atoms with Crippen LogP contribution in [0.4, 0.5) is 5.69 Å². The Morgan fingerprint density at radius 2 is 1.09 bits per heavy atom. The largest absolute Gasteiger partial charge is 0.497 e. The zero-order valence-electron chi connectivity index (χ0n) is 46.2. The van der Waals surface area contributed by atoms with Crippen LogP contribution in [0.5, 0.6) is 0 Å². The topological polar surface area (TPSA) is 24.3 Å². The number of hydrogen-bond acceptors (Lipinski definition) is 3. The minimum absolute atomic E-state index is 0. The fourth-order valence-corrected chi connectivity index (χ4v) is 16.1. The van der Waals surface area contributed by atoms with Crippen molar-refractivity contribution in [1.29, 1.82) is 0 Å². The van der Waals surface area contributed by atoms with E-state index in [1.54, 1.807) is 0 Å². The fraction of sp³-hybridized carbons (Fsp3) is 0.211. The second-order valence-electron chi connectivity index (χ2n) is 23.8. The molecular weight excluding hydrogens is 1130 g/mol. The molecule has 7 aromatic carbocycles. The molecule has 6 heteroatoms. The van der Waals surface area contributed by atoms with Gasteiger partial charge in [-0.2, -0.15) is 52.8 Å². The number of fused-ring (bicyclic) bond motifs is 3. The molecule has 0 fully saturated rings. The number of hydrogen-bond donors (Lipinski definition) is 0. The molecule has 1 aliphatic heterocycles. The quantitative estimate of drug-likeness (QED) is 0.0733. The molecular formula is C71H69N4PtSi-3. The van der Waals surface area contributed by atoms with Crippen LogP contribution in [0, 0.1) is 24.2 Å². The number of benzene rings is 7. The minimum Gasteiger partial charge on any atom is -0.497 e. The first-order valence-electron chi connectivity index (χ1n) is 26.9. The minimum atomic E-state index is -3.20. The zero-order chi connectivity index (χ0) is 53.0. The molecule has 0 unspecified atom stereocenters. The van der Waals surface area contributed by atoms with Gasteiger partial charge in [-0.3, -0.25) is 0 Å². The van der Waals surface area contributed by atoms with Crippen molar-refractivity contribution < 1.29 is 21.1 Å². The van der Waals surface area contributed by atoms with Crippen LogP contribution in [0.2, 0.25) is 0 Å². The molecule has 1 aliphatic carbocycles. The van der Waals surface area contributed by atoms with Gasteiger partial charge in [0, 0.05) is 61.1 Å². The predicted octanol–water partition coefficient (Wildman–Crippen LogP) is 14.7. The SMILES string of the molecule is CC(C)(C)C1=CN(C2=CC(C(C)(C)c3ccccc3)=CC(C(C)(C)c3ccccc3)=CC2)[CH-]N1c1[c-]c([Si](c2[c-]c3c(cc2)c2ccccc2n3-c2cc(C(C)(C)C)ccn2)(c2ccccc2)c2ccccc2)ccc1.[Pt]. The number of rotatable bonds is 11. The molecule has 9 aromatic rings. The third kappa shape index (κ3) is 9.76. The molecule has 11 rings (SSSR count). The van der Waals surface area contributed by atoms with Crippen LogP contribution >= 0.6 is 0 Å². The molecule has 0 atom stereocenters. The summed E-state index contributed by atoms with van der Waals surface area (Å²) in [6.07, 6.45) is 12.5. The van der Waals surface area contributed by atoms with Gasteiger partial charge in [-0.1, -0.05) is 226 Å². The normalized spacial score (nSPS) is 14.7. The molecule has 2 aliphatic rings. The van der Waals surface area contributed by atoms with Gasteiger partial charge in [-0.05, 0) is 85.2 Å². The van der Waals surface area contributed by atoms with Crippen LogP contribution in [0.15, 0.2) is 241 Å². The summed E-state index contributed by atoms with van der Waals surface area (Å²) in [4.78, 5) is 9.84. The van der Waals surface area contributed by atoms with Crippen molar-refractivity contribution in [2.45, 2.75) is 91.9 Å². The van der Waals surface area contributed by atoms with Gasteiger partial charge in [-0.15, -0.1) is 17.7 Å². The van der Waals surface area contributed by atoms with Crippen LogP contribution in [0.1, 0.15) is 92.3 Å². The molecule has 2 aromatic heterocycles. The van der Waals surface area contributed by atoms with Crippen LogP contribution < -0.4 is 25.6 Å². The summed E-state index contributed by atoms with van der Waals surface area (Å²) in [5.74, 6) is 0.893. The third-order valence-electron chi connectivity index (χ3n) is 16.1. The summed E-state index contributed by atoms with van der Waals surface area (Å²) in [6, 6.07) is 77.3. The molecule has 3 heterocycles. The van der Waals surface area contributed by atoms with Gasteiger partial charge in [0.05, 0.1) is 0 Å². The van der Waals surface area contributed by atoms with Crippen molar-refractivity contribution in [2.24, 2.45) is 5.41 Å². The Bertz CT molecular complexity index is 3680. The maximum absolute atomic E-state index is 5.07. The van der Waals surface area contributed by atoms with E-state index in [-0.39, 0.29) is 42.7 Å². The second-order valence-corrected chi connectivity index (χ2v) is 27.5. The van der Waals surface area contributed by atoms with Crippen LogP contribution in [-0.2, 0) is 37.3 Å². The number of aromatic nitrogens is 2. The van der Waals surface area contributed by atoms with Crippen LogP contribution in [0.3, 0.4) is 0 Å². The summed E-state index contributed by atoms with van der Waals surface area (Å²) in [5, 5.41) is 7.19. The summed E-state index contributed by atoms with van der Waals surface area (Å²) < 4.78 is 2.33. The van der Waals surface area contributed by atoms with Crippen molar-refractivity contribution in [3.05, 3.63) is 277 Å². The van der Waals surface area contributed by atoms with Crippen molar-refractivity contribution in [1.82, 2.24) is 14.5 Å². The van der Waals surface area contributed by atoms with Gasteiger partial charge in [0.15, 0.2) is 0 Å². The maximum Gasteiger partial charge on any atom is 0.135 e. The second kappa shape index (κ2) is 20.7. The Kier molecular flexibility index (Phi) is 14.4. The van der Waals surface area contributed by atoms with Crippen molar-refractivity contribution >= 4 is 56.3 Å². The average molecular weight is 1200 g/mol.